The highest BCUT2D eigenvalue weighted by atomic mass is 16.6. The Morgan fingerprint density at radius 3 is 2.50 bits per heavy atom. The summed E-state index contributed by atoms with van der Waals surface area (Å²) in [5, 5.41) is 0. The molecule has 0 atom stereocenters. The van der Waals surface area contributed by atoms with E-state index in [9.17, 15) is 9.59 Å². The van der Waals surface area contributed by atoms with Crippen molar-refractivity contribution in [1.29, 1.82) is 0 Å². The zero-order chi connectivity index (χ0) is 17.1. The summed E-state index contributed by atoms with van der Waals surface area (Å²) >= 11 is 0. The number of imidazole rings is 1. The molecule has 0 unspecified atom stereocenters. The topological polar surface area (TPSA) is 67.2 Å². The Bertz CT molecular complexity index is 747. The first-order valence-corrected chi connectivity index (χ1v) is 8.32. The molecule has 1 fully saturated rings. The molecular formula is C17H22N4O3. The second-order valence-corrected chi connectivity index (χ2v) is 5.66. The average Bonchev–Trinajstić information content (AvgIpc) is 3.00. The molecule has 0 aromatic carbocycles. The highest BCUT2D eigenvalue weighted by Crippen LogP contribution is 2.17. The Morgan fingerprint density at radius 2 is 1.83 bits per heavy atom. The molecule has 3 heterocycles. The van der Waals surface area contributed by atoms with Crippen LogP contribution in [0.15, 0.2) is 24.4 Å². The maximum absolute atomic E-state index is 12.9. The van der Waals surface area contributed by atoms with Crippen LogP contribution in [0.2, 0.25) is 0 Å². The molecule has 0 bridgehead atoms. The molecule has 2 aromatic heterocycles. The number of rotatable bonds is 3. The molecule has 128 valence electrons. The van der Waals surface area contributed by atoms with Gasteiger partial charge in [0.05, 0.1) is 12.1 Å². The van der Waals surface area contributed by atoms with Crippen LogP contribution in [0.3, 0.4) is 0 Å². The Kier molecular flexibility index (Phi) is 4.69. The fourth-order valence-corrected chi connectivity index (χ4v) is 2.96. The van der Waals surface area contributed by atoms with Crippen molar-refractivity contribution in [3.8, 4) is 0 Å². The number of hydrogen-bond acceptors (Lipinski definition) is 4. The van der Waals surface area contributed by atoms with Crippen LogP contribution in [0.25, 0.3) is 5.52 Å². The van der Waals surface area contributed by atoms with Gasteiger partial charge in [0.25, 0.3) is 5.91 Å². The number of carbonyl (C=O) groups excluding carboxylic acids is 2. The smallest absolute Gasteiger partial charge is 0.409 e. The Hall–Kier alpha value is -2.57. The van der Waals surface area contributed by atoms with Crippen molar-refractivity contribution in [3.05, 3.63) is 35.9 Å². The minimum absolute atomic E-state index is 0.0816. The summed E-state index contributed by atoms with van der Waals surface area (Å²) in [6.07, 6.45) is 2.37. The normalized spacial score (nSPS) is 14.9. The maximum atomic E-state index is 12.9. The van der Waals surface area contributed by atoms with E-state index >= 15 is 0 Å². The summed E-state index contributed by atoms with van der Waals surface area (Å²) in [6.45, 7) is 6.11. The number of piperazine rings is 1. The predicted octanol–water partition coefficient (Wildman–Crippen LogP) is 1.81. The van der Waals surface area contributed by atoms with Gasteiger partial charge < -0.3 is 18.9 Å². The summed E-state index contributed by atoms with van der Waals surface area (Å²) in [5.74, 6) is 0.793. The van der Waals surface area contributed by atoms with Gasteiger partial charge in [0.15, 0.2) is 5.69 Å². The van der Waals surface area contributed by atoms with Crippen LogP contribution in [-0.2, 0) is 11.2 Å². The standard InChI is InChI=1S/C17H22N4O3/c1-3-14-18-15(13-7-5-6-8-21(13)14)16(22)19-9-11-20(12-10-19)17(23)24-4-2/h5-8H,3-4,9-12H2,1-2H3. The van der Waals surface area contributed by atoms with E-state index in [-0.39, 0.29) is 12.0 Å². The number of pyridine rings is 1. The Labute approximate surface area is 140 Å². The number of fused-ring (bicyclic) bond motifs is 1. The number of hydrogen-bond donors (Lipinski definition) is 0. The zero-order valence-corrected chi connectivity index (χ0v) is 14.1. The first-order chi connectivity index (χ1) is 11.7. The van der Waals surface area contributed by atoms with E-state index in [1.54, 1.807) is 16.7 Å². The van der Waals surface area contributed by atoms with Gasteiger partial charge in [-0.05, 0) is 19.1 Å². The predicted molar refractivity (Wildman–Crippen MR) is 89.1 cm³/mol. The first-order valence-electron chi connectivity index (χ1n) is 8.32. The minimum atomic E-state index is -0.315. The van der Waals surface area contributed by atoms with Crippen LogP contribution in [0, 0.1) is 0 Å². The van der Waals surface area contributed by atoms with E-state index in [4.69, 9.17) is 4.74 Å². The van der Waals surface area contributed by atoms with Gasteiger partial charge in [-0.3, -0.25) is 4.79 Å². The van der Waals surface area contributed by atoms with Gasteiger partial charge in [-0.2, -0.15) is 0 Å². The SMILES string of the molecule is CCOC(=O)N1CCN(C(=O)c2nc(CC)n3ccccc23)CC1. The van der Waals surface area contributed by atoms with E-state index in [1.807, 2.05) is 35.7 Å². The molecule has 0 saturated carbocycles. The van der Waals surface area contributed by atoms with Crippen LogP contribution >= 0.6 is 0 Å². The van der Waals surface area contributed by atoms with E-state index in [1.165, 1.54) is 0 Å². The molecular weight excluding hydrogens is 308 g/mol. The number of nitrogens with zero attached hydrogens (tertiary/aromatic N) is 4. The molecule has 7 nitrogen and oxygen atoms in total. The summed E-state index contributed by atoms with van der Waals surface area (Å²) < 4.78 is 6.97. The molecule has 1 aliphatic rings. The molecule has 3 rings (SSSR count). The molecule has 2 amide bonds. The number of aromatic nitrogens is 2. The first kappa shape index (κ1) is 16.3. The van der Waals surface area contributed by atoms with E-state index < -0.39 is 0 Å². The summed E-state index contributed by atoms with van der Waals surface area (Å²) in [6, 6.07) is 5.75. The molecule has 0 aliphatic carbocycles. The van der Waals surface area contributed by atoms with Gasteiger partial charge >= 0.3 is 6.09 Å². The van der Waals surface area contributed by atoms with Crippen molar-refractivity contribution < 1.29 is 14.3 Å². The third-order valence-corrected chi connectivity index (χ3v) is 4.23. The van der Waals surface area contributed by atoms with Gasteiger partial charge in [-0.25, -0.2) is 9.78 Å². The number of amides is 2. The van der Waals surface area contributed by atoms with Crippen molar-refractivity contribution in [1.82, 2.24) is 19.2 Å². The fraction of sp³-hybridized carbons (Fsp3) is 0.471. The van der Waals surface area contributed by atoms with Crippen LogP contribution in [0.4, 0.5) is 4.79 Å². The molecule has 24 heavy (non-hydrogen) atoms. The molecule has 0 N–H and O–H groups in total. The molecule has 0 radical (unpaired) electrons. The lowest BCUT2D eigenvalue weighted by molar-refractivity contribution is 0.0568. The van der Waals surface area contributed by atoms with Crippen LogP contribution in [-0.4, -0.2) is 64.0 Å². The van der Waals surface area contributed by atoms with Crippen LogP contribution < -0.4 is 0 Å². The van der Waals surface area contributed by atoms with Gasteiger partial charge in [-0.15, -0.1) is 0 Å². The van der Waals surface area contributed by atoms with Gasteiger partial charge in [0.2, 0.25) is 0 Å². The van der Waals surface area contributed by atoms with Crippen molar-refractivity contribution in [3.63, 3.8) is 0 Å². The van der Waals surface area contributed by atoms with Gasteiger partial charge in [0, 0.05) is 38.8 Å². The van der Waals surface area contributed by atoms with Crippen molar-refractivity contribution in [2.45, 2.75) is 20.3 Å². The number of carbonyl (C=O) groups is 2. The Morgan fingerprint density at radius 1 is 1.12 bits per heavy atom. The summed E-state index contributed by atoms with van der Waals surface area (Å²) in [7, 11) is 0. The van der Waals surface area contributed by atoms with Gasteiger partial charge in [0.1, 0.15) is 5.82 Å². The van der Waals surface area contributed by atoms with Crippen molar-refractivity contribution in [2.75, 3.05) is 32.8 Å². The number of ether oxygens (including phenoxy) is 1. The average molecular weight is 330 g/mol. The lowest BCUT2D eigenvalue weighted by Crippen LogP contribution is -2.50. The quantitative estimate of drug-likeness (QED) is 0.861. The summed E-state index contributed by atoms with van der Waals surface area (Å²) in [4.78, 5) is 32.5. The lowest BCUT2D eigenvalue weighted by Gasteiger charge is -2.33. The van der Waals surface area contributed by atoms with Crippen molar-refractivity contribution >= 4 is 17.5 Å². The second kappa shape index (κ2) is 6.90. The van der Waals surface area contributed by atoms with E-state index in [0.29, 0.717) is 38.5 Å². The second-order valence-electron chi connectivity index (χ2n) is 5.66. The van der Waals surface area contributed by atoms with Crippen molar-refractivity contribution in [2.24, 2.45) is 0 Å². The summed E-state index contributed by atoms with van der Waals surface area (Å²) in [5.41, 5.74) is 1.31. The highest BCUT2D eigenvalue weighted by molar-refractivity contribution is 5.99. The molecule has 1 saturated heterocycles. The molecule has 1 aliphatic heterocycles. The number of aryl methyl sites for hydroxylation is 1. The zero-order valence-electron chi connectivity index (χ0n) is 14.1. The van der Waals surface area contributed by atoms with E-state index in [2.05, 4.69) is 4.98 Å². The van der Waals surface area contributed by atoms with Crippen LogP contribution in [0.1, 0.15) is 30.2 Å². The highest BCUT2D eigenvalue weighted by Gasteiger charge is 2.28. The largest absolute Gasteiger partial charge is 0.450 e. The fourth-order valence-electron chi connectivity index (χ4n) is 2.96. The molecule has 7 heteroatoms. The molecule has 2 aromatic rings. The maximum Gasteiger partial charge on any atom is 0.409 e. The lowest BCUT2D eigenvalue weighted by atomic mass is 10.2. The minimum Gasteiger partial charge on any atom is -0.450 e. The van der Waals surface area contributed by atoms with Gasteiger partial charge in [-0.1, -0.05) is 13.0 Å². The monoisotopic (exact) mass is 330 g/mol. The third kappa shape index (κ3) is 2.93. The van der Waals surface area contributed by atoms with E-state index in [0.717, 1.165) is 17.8 Å². The third-order valence-electron chi connectivity index (χ3n) is 4.23. The Balaban J connectivity index is 1.76. The van der Waals surface area contributed by atoms with Crippen LogP contribution in [0.5, 0.6) is 0 Å². The molecule has 0 spiro atoms.